The summed E-state index contributed by atoms with van der Waals surface area (Å²) >= 11 is 5.73. The minimum atomic E-state index is -1.05. The number of rotatable bonds is 4. The van der Waals surface area contributed by atoms with Crippen LogP contribution in [0.3, 0.4) is 0 Å². The molecule has 0 fully saturated rings. The Balaban J connectivity index is 2.92. The topological polar surface area (TPSA) is 46.5 Å². The molecule has 0 aromatic heterocycles. The summed E-state index contributed by atoms with van der Waals surface area (Å²) in [6, 6.07) is 4.64. The van der Waals surface area contributed by atoms with Gasteiger partial charge in [0.1, 0.15) is 5.75 Å². The molecule has 0 amide bonds. The van der Waals surface area contributed by atoms with E-state index in [4.69, 9.17) is 21.4 Å². The third kappa shape index (κ3) is 3.13. The summed E-state index contributed by atoms with van der Waals surface area (Å²) in [7, 11) is 0. The van der Waals surface area contributed by atoms with Crippen LogP contribution in [0.2, 0.25) is 5.02 Å². The molecular weight excluding hydrogens is 216 g/mol. The number of carbonyl (C=O) groups is 1. The predicted molar refractivity (Wildman–Crippen MR) is 58.8 cm³/mol. The van der Waals surface area contributed by atoms with Crippen LogP contribution < -0.4 is 4.74 Å². The van der Waals surface area contributed by atoms with Crippen molar-refractivity contribution in [1.82, 2.24) is 0 Å². The Labute approximate surface area is 93.6 Å². The van der Waals surface area contributed by atoms with Crippen molar-refractivity contribution in [2.75, 3.05) is 0 Å². The van der Waals surface area contributed by atoms with Gasteiger partial charge in [0.25, 0.3) is 0 Å². The Morgan fingerprint density at radius 1 is 1.60 bits per heavy atom. The molecule has 1 unspecified atom stereocenters. The number of carboxylic acid groups (broad SMARTS) is 1. The van der Waals surface area contributed by atoms with Crippen LogP contribution in [0.15, 0.2) is 18.2 Å². The molecule has 0 saturated heterocycles. The summed E-state index contributed by atoms with van der Waals surface area (Å²) in [5, 5.41) is 9.06. The van der Waals surface area contributed by atoms with E-state index in [1.54, 1.807) is 6.07 Å². The Morgan fingerprint density at radius 3 is 2.80 bits per heavy atom. The summed E-state index contributed by atoms with van der Waals surface area (Å²) in [5.74, 6) is -0.513. The zero-order chi connectivity index (χ0) is 11.4. The molecule has 0 aliphatic rings. The summed E-state index contributed by atoms with van der Waals surface area (Å²) in [6.07, 6.45) is 0.929. The summed E-state index contributed by atoms with van der Waals surface area (Å²) < 4.78 is 5.49. The first-order valence-corrected chi connectivity index (χ1v) is 5.12. The van der Waals surface area contributed by atoms with Crippen LogP contribution in [0.25, 0.3) is 0 Å². The van der Waals surface area contributed by atoms with E-state index in [0.717, 1.165) is 6.42 Å². The molecule has 0 aliphatic carbocycles. The van der Waals surface area contributed by atoms with Gasteiger partial charge < -0.3 is 9.84 Å². The minimum absolute atomic E-state index is 0.0628. The monoisotopic (exact) mass is 228 g/mol. The molecule has 0 radical (unpaired) electrons. The van der Waals surface area contributed by atoms with E-state index < -0.39 is 5.97 Å². The number of halogens is 1. The van der Waals surface area contributed by atoms with E-state index in [1.165, 1.54) is 12.1 Å². The van der Waals surface area contributed by atoms with Gasteiger partial charge in [-0.2, -0.15) is 0 Å². The zero-order valence-electron chi connectivity index (χ0n) is 8.66. The Kier molecular flexibility index (Phi) is 3.97. The summed E-state index contributed by atoms with van der Waals surface area (Å²) in [4.78, 5) is 10.8. The van der Waals surface area contributed by atoms with Crippen molar-refractivity contribution in [2.45, 2.75) is 26.4 Å². The van der Waals surface area contributed by atoms with Gasteiger partial charge in [0.2, 0.25) is 0 Å². The van der Waals surface area contributed by atoms with Crippen LogP contribution >= 0.6 is 11.6 Å². The van der Waals surface area contributed by atoms with Crippen LogP contribution in [-0.4, -0.2) is 17.2 Å². The Morgan fingerprint density at radius 2 is 2.27 bits per heavy atom. The predicted octanol–water partition coefficient (Wildman–Crippen LogP) is 3.22. The average Bonchev–Trinajstić information content (AvgIpc) is 2.20. The van der Waals surface area contributed by atoms with Crippen LogP contribution in [0, 0.1) is 0 Å². The van der Waals surface area contributed by atoms with Gasteiger partial charge >= 0.3 is 5.97 Å². The molecule has 1 aromatic rings. The first kappa shape index (κ1) is 11.9. The van der Waals surface area contributed by atoms with Crippen LogP contribution in [-0.2, 0) is 0 Å². The lowest BCUT2D eigenvalue weighted by molar-refractivity contribution is 0.0696. The van der Waals surface area contributed by atoms with Crippen LogP contribution in [0.5, 0.6) is 5.75 Å². The van der Waals surface area contributed by atoms with Gasteiger partial charge in [-0.1, -0.05) is 18.5 Å². The van der Waals surface area contributed by atoms with E-state index in [0.29, 0.717) is 5.75 Å². The first-order chi connectivity index (χ1) is 7.04. The van der Waals surface area contributed by atoms with E-state index in [9.17, 15) is 4.79 Å². The fourth-order valence-electron chi connectivity index (χ4n) is 1.06. The molecule has 82 valence electrons. The number of benzene rings is 1. The molecule has 0 spiro atoms. The smallest absolute Gasteiger partial charge is 0.337 e. The highest BCUT2D eigenvalue weighted by Crippen LogP contribution is 2.23. The minimum Gasteiger partial charge on any atom is -0.491 e. The molecule has 4 heteroatoms. The maximum atomic E-state index is 10.8. The lowest BCUT2D eigenvalue weighted by Crippen LogP contribution is -2.10. The Bertz CT molecular complexity index is 363. The number of hydrogen-bond donors (Lipinski definition) is 1. The third-order valence-corrected chi connectivity index (χ3v) is 2.41. The standard InChI is InChI=1S/C11H13ClO3/c1-3-7(2)15-8-4-5-10(12)9(6-8)11(13)14/h4-7H,3H2,1-2H3,(H,13,14). The van der Waals surface area contributed by atoms with Gasteiger partial charge in [-0.05, 0) is 31.5 Å². The van der Waals surface area contributed by atoms with Gasteiger partial charge in [0, 0.05) is 0 Å². The van der Waals surface area contributed by atoms with Crippen molar-refractivity contribution in [3.05, 3.63) is 28.8 Å². The molecule has 15 heavy (non-hydrogen) atoms. The number of carboxylic acids is 1. The quantitative estimate of drug-likeness (QED) is 0.861. The number of aromatic carboxylic acids is 1. The number of hydrogen-bond acceptors (Lipinski definition) is 2. The van der Waals surface area contributed by atoms with Crippen molar-refractivity contribution in [2.24, 2.45) is 0 Å². The molecule has 0 aliphatic heterocycles. The largest absolute Gasteiger partial charge is 0.491 e. The molecule has 1 N–H and O–H groups in total. The molecule has 3 nitrogen and oxygen atoms in total. The summed E-state index contributed by atoms with van der Waals surface area (Å²) in [6.45, 7) is 3.92. The molecular formula is C11H13ClO3. The second-order valence-corrected chi connectivity index (χ2v) is 3.69. The normalized spacial score (nSPS) is 12.2. The second kappa shape index (κ2) is 5.03. The highest BCUT2D eigenvalue weighted by atomic mass is 35.5. The van der Waals surface area contributed by atoms with Crippen LogP contribution in [0.1, 0.15) is 30.6 Å². The fraction of sp³-hybridized carbons (Fsp3) is 0.364. The van der Waals surface area contributed by atoms with Crippen LogP contribution in [0.4, 0.5) is 0 Å². The Hall–Kier alpha value is -1.22. The van der Waals surface area contributed by atoms with Gasteiger partial charge in [0.05, 0.1) is 16.7 Å². The lowest BCUT2D eigenvalue weighted by atomic mass is 10.2. The van der Waals surface area contributed by atoms with E-state index in [-0.39, 0.29) is 16.7 Å². The maximum absolute atomic E-state index is 10.8. The van der Waals surface area contributed by atoms with E-state index >= 15 is 0 Å². The highest BCUT2D eigenvalue weighted by Gasteiger charge is 2.10. The molecule has 1 aromatic carbocycles. The molecule has 0 saturated carbocycles. The first-order valence-electron chi connectivity index (χ1n) is 4.74. The van der Waals surface area contributed by atoms with Gasteiger partial charge in [-0.3, -0.25) is 0 Å². The molecule has 1 rings (SSSR count). The van der Waals surface area contributed by atoms with Crippen molar-refractivity contribution in [1.29, 1.82) is 0 Å². The van der Waals surface area contributed by atoms with E-state index in [2.05, 4.69) is 0 Å². The highest BCUT2D eigenvalue weighted by molar-refractivity contribution is 6.33. The molecule has 0 heterocycles. The van der Waals surface area contributed by atoms with Gasteiger partial charge in [-0.15, -0.1) is 0 Å². The average molecular weight is 229 g/mol. The molecule has 1 atom stereocenters. The SMILES string of the molecule is CCC(C)Oc1ccc(Cl)c(C(=O)O)c1. The van der Waals surface area contributed by atoms with Crippen molar-refractivity contribution < 1.29 is 14.6 Å². The van der Waals surface area contributed by atoms with Crippen molar-refractivity contribution in [3.63, 3.8) is 0 Å². The fourth-order valence-corrected chi connectivity index (χ4v) is 1.26. The third-order valence-electron chi connectivity index (χ3n) is 2.08. The molecule has 0 bridgehead atoms. The maximum Gasteiger partial charge on any atom is 0.337 e. The van der Waals surface area contributed by atoms with E-state index in [1.807, 2.05) is 13.8 Å². The zero-order valence-corrected chi connectivity index (χ0v) is 9.41. The number of ether oxygens (including phenoxy) is 1. The summed E-state index contributed by atoms with van der Waals surface area (Å²) in [5.41, 5.74) is 0.0671. The lowest BCUT2D eigenvalue weighted by Gasteiger charge is -2.13. The van der Waals surface area contributed by atoms with Gasteiger partial charge in [-0.25, -0.2) is 4.79 Å². The van der Waals surface area contributed by atoms with Crippen molar-refractivity contribution in [3.8, 4) is 5.75 Å². The second-order valence-electron chi connectivity index (χ2n) is 3.28. The van der Waals surface area contributed by atoms with Gasteiger partial charge in [0.15, 0.2) is 0 Å². The van der Waals surface area contributed by atoms with Crippen molar-refractivity contribution >= 4 is 17.6 Å².